The molecule has 0 saturated carbocycles. The lowest BCUT2D eigenvalue weighted by molar-refractivity contribution is 0.542. The first-order chi connectivity index (χ1) is 4.83. The Bertz CT molecular complexity index is 95.3. The molecule has 0 aliphatic carbocycles. The molecule has 1 fully saturated rings. The summed E-state index contributed by atoms with van der Waals surface area (Å²) >= 11 is 2.11. The molecule has 0 aromatic rings. The highest BCUT2D eigenvalue weighted by molar-refractivity contribution is 7.99. The van der Waals surface area contributed by atoms with Crippen LogP contribution in [0, 0.1) is 0 Å². The van der Waals surface area contributed by atoms with Crippen LogP contribution in [0.5, 0.6) is 0 Å². The summed E-state index contributed by atoms with van der Waals surface area (Å²) in [6.45, 7) is 5.80. The molecule has 1 aliphatic heterocycles. The van der Waals surface area contributed by atoms with Gasteiger partial charge in [0, 0.05) is 17.0 Å². The van der Waals surface area contributed by atoms with E-state index in [-0.39, 0.29) is 0 Å². The minimum absolute atomic E-state index is 0.773. The second-order valence-electron chi connectivity index (χ2n) is 2.99. The van der Waals surface area contributed by atoms with E-state index in [1.807, 2.05) is 0 Å². The zero-order valence-corrected chi connectivity index (χ0v) is 7.71. The van der Waals surface area contributed by atoms with Crippen LogP contribution >= 0.6 is 11.8 Å². The normalized spacial score (nSPS) is 35.4. The van der Waals surface area contributed by atoms with Gasteiger partial charge in [-0.3, -0.25) is 0 Å². The average Bonchev–Trinajstić information content (AvgIpc) is 2.14. The van der Waals surface area contributed by atoms with Crippen molar-refractivity contribution in [1.29, 1.82) is 0 Å². The lowest BCUT2D eigenvalue weighted by Gasteiger charge is -2.11. The lowest BCUT2D eigenvalue weighted by Crippen LogP contribution is -2.29. The van der Waals surface area contributed by atoms with Gasteiger partial charge < -0.3 is 5.32 Å². The molecule has 1 nitrogen and oxygen atoms in total. The summed E-state index contributed by atoms with van der Waals surface area (Å²) in [6, 6.07) is 0.773. The SMILES string of the molecule is CCC1CSC(C)CCN1. The molecule has 1 heterocycles. The maximum Gasteiger partial charge on any atom is 0.0155 e. The standard InChI is InChI=1S/C8H17NS/c1-3-8-6-10-7(2)4-5-9-8/h7-9H,3-6H2,1-2H3. The summed E-state index contributed by atoms with van der Waals surface area (Å²) in [6.07, 6.45) is 2.61. The van der Waals surface area contributed by atoms with Crippen LogP contribution in [0.3, 0.4) is 0 Å². The third-order valence-corrected chi connectivity index (χ3v) is 3.46. The average molecular weight is 159 g/mol. The Morgan fingerprint density at radius 1 is 1.60 bits per heavy atom. The predicted octanol–water partition coefficient (Wildman–Crippen LogP) is 1.88. The number of rotatable bonds is 1. The monoisotopic (exact) mass is 159 g/mol. The predicted molar refractivity (Wildman–Crippen MR) is 48.6 cm³/mol. The molecule has 2 unspecified atom stereocenters. The maximum absolute atomic E-state index is 3.54. The smallest absolute Gasteiger partial charge is 0.0155 e. The van der Waals surface area contributed by atoms with Crippen molar-refractivity contribution in [3.63, 3.8) is 0 Å². The van der Waals surface area contributed by atoms with Crippen LogP contribution in [0.2, 0.25) is 0 Å². The Morgan fingerprint density at radius 3 is 3.10 bits per heavy atom. The fourth-order valence-electron chi connectivity index (χ4n) is 1.18. The maximum atomic E-state index is 3.54. The van der Waals surface area contributed by atoms with E-state index in [1.54, 1.807) is 0 Å². The van der Waals surface area contributed by atoms with E-state index >= 15 is 0 Å². The van der Waals surface area contributed by atoms with Crippen LogP contribution in [-0.4, -0.2) is 23.6 Å². The molecule has 0 amide bonds. The zero-order valence-electron chi connectivity index (χ0n) is 6.89. The van der Waals surface area contributed by atoms with Crippen molar-refractivity contribution in [2.75, 3.05) is 12.3 Å². The topological polar surface area (TPSA) is 12.0 Å². The summed E-state index contributed by atoms with van der Waals surface area (Å²) in [7, 11) is 0. The molecule has 10 heavy (non-hydrogen) atoms. The third kappa shape index (κ3) is 2.51. The highest BCUT2D eigenvalue weighted by atomic mass is 32.2. The van der Waals surface area contributed by atoms with Crippen molar-refractivity contribution in [3.8, 4) is 0 Å². The molecule has 60 valence electrons. The Morgan fingerprint density at radius 2 is 2.40 bits per heavy atom. The van der Waals surface area contributed by atoms with Gasteiger partial charge in [0.2, 0.25) is 0 Å². The largest absolute Gasteiger partial charge is 0.313 e. The van der Waals surface area contributed by atoms with Gasteiger partial charge in [-0.2, -0.15) is 11.8 Å². The molecule has 0 aromatic carbocycles. The van der Waals surface area contributed by atoms with Gasteiger partial charge in [-0.05, 0) is 19.4 Å². The highest BCUT2D eigenvalue weighted by Gasteiger charge is 2.13. The van der Waals surface area contributed by atoms with Gasteiger partial charge in [0.05, 0.1) is 0 Å². The molecule has 1 aliphatic rings. The van der Waals surface area contributed by atoms with E-state index in [9.17, 15) is 0 Å². The number of hydrogen-bond acceptors (Lipinski definition) is 2. The summed E-state index contributed by atoms with van der Waals surface area (Å²) in [4.78, 5) is 0. The van der Waals surface area contributed by atoms with Gasteiger partial charge in [-0.1, -0.05) is 13.8 Å². The Balaban J connectivity index is 2.26. The van der Waals surface area contributed by atoms with Crippen molar-refractivity contribution in [3.05, 3.63) is 0 Å². The molecule has 0 bridgehead atoms. The van der Waals surface area contributed by atoms with Gasteiger partial charge in [0.25, 0.3) is 0 Å². The second-order valence-corrected chi connectivity index (χ2v) is 4.46. The van der Waals surface area contributed by atoms with Crippen molar-refractivity contribution in [2.45, 2.75) is 38.0 Å². The van der Waals surface area contributed by atoms with Crippen LogP contribution < -0.4 is 5.32 Å². The lowest BCUT2D eigenvalue weighted by atomic mass is 10.2. The number of thioether (sulfide) groups is 1. The van der Waals surface area contributed by atoms with E-state index in [0.29, 0.717) is 0 Å². The van der Waals surface area contributed by atoms with Gasteiger partial charge in [-0.25, -0.2) is 0 Å². The van der Waals surface area contributed by atoms with E-state index in [4.69, 9.17) is 0 Å². The molecular weight excluding hydrogens is 142 g/mol. The Hall–Kier alpha value is 0.310. The van der Waals surface area contributed by atoms with E-state index < -0.39 is 0 Å². The van der Waals surface area contributed by atoms with Crippen LogP contribution in [0.4, 0.5) is 0 Å². The van der Waals surface area contributed by atoms with E-state index in [2.05, 4.69) is 30.9 Å². The molecule has 1 rings (SSSR count). The highest BCUT2D eigenvalue weighted by Crippen LogP contribution is 2.18. The molecule has 1 N–H and O–H groups in total. The van der Waals surface area contributed by atoms with E-state index in [0.717, 1.165) is 11.3 Å². The Labute approximate surface area is 68.0 Å². The third-order valence-electron chi connectivity index (χ3n) is 2.06. The van der Waals surface area contributed by atoms with Crippen molar-refractivity contribution in [1.82, 2.24) is 5.32 Å². The molecule has 2 atom stereocenters. The zero-order chi connectivity index (χ0) is 7.40. The summed E-state index contributed by atoms with van der Waals surface area (Å²) in [5.41, 5.74) is 0. The van der Waals surface area contributed by atoms with Gasteiger partial charge >= 0.3 is 0 Å². The summed E-state index contributed by atoms with van der Waals surface area (Å²) < 4.78 is 0. The summed E-state index contributed by atoms with van der Waals surface area (Å²) in [5.74, 6) is 1.30. The minimum Gasteiger partial charge on any atom is -0.313 e. The van der Waals surface area contributed by atoms with Gasteiger partial charge in [-0.15, -0.1) is 0 Å². The molecule has 1 saturated heterocycles. The quantitative estimate of drug-likeness (QED) is 0.627. The molecular formula is C8H17NS. The first-order valence-corrected chi connectivity index (χ1v) is 5.22. The summed E-state index contributed by atoms with van der Waals surface area (Å²) in [5, 5.41) is 4.41. The van der Waals surface area contributed by atoms with Gasteiger partial charge in [0.15, 0.2) is 0 Å². The van der Waals surface area contributed by atoms with Crippen molar-refractivity contribution >= 4 is 11.8 Å². The molecule has 0 spiro atoms. The molecule has 0 aromatic heterocycles. The van der Waals surface area contributed by atoms with Crippen LogP contribution in [-0.2, 0) is 0 Å². The second kappa shape index (κ2) is 4.24. The first kappa shape index (κ1) is 8.41. The van der Waals surface area contributed by atoms with Gasteiger partial charge in [0.1, 0.15) is 0 Å². The Kier molecular flexibility index (Phi) is 3.57. The molecule has 0 radical (unpaired) electrons. The minimum atomic E-state index is 0.773. The van der Waals surface area contributed by atoms with Crippen molar-refractivity contribution in [2.24, 2.45) is 0 Å². The van der Waals surface area contributed by atoms with Crippen LogP contribution in [0.1, 0.15) is 26.7 Å². The van der Waals surface area contributed by atoms with Crippen molar-refractivity contribution < 1.29 is 0 Å². The first-order valence-electron chi connectivity index (χ1n) is 4.18. The fourth-order valence-corrected chi connectivity index (χ4v) is 2.37. The number of nitrogens with one attached hydrogen (secondary N) is 1. The van der Waals surface area contributed by atoms with Crippen LogP contribution in [0.25, 0.3) is 0 Å². The van der Waals surface area contributed by atoms with E-state index in [1.165, 1.54) is 25.1 Å². The fraction of sp³-hybridized carbons (Fsp3) is 1.00. The molecule has 2 heteroatoms. The number of hydrogen-bond donors (Lipinski definition) is 1. The van der Waals surface area contributed by atoms with Crippen LogP contribution in [0.15, 0.2) is 0 Å².